The molecule has 0 saturated carbocycles. The van der Waals surface area contributed by atoms with Crippen LogP contribution in [-0.4, -0.2) is 17.0 Å². The van der Waals surface area contributed by atoms with Crippen LogP contribution in [0, 0.1) is 0 Å². The fraction of sp³-hybridized carbons (Fsp3) is 0. The number of rotatable bonds is 0. The first-order chi connectivity index (χ1) is 10.7. The molecule has 0 atom stereocenters. The Labute approximate surface area is 126 Å². The van der Waals surface area contributed by atoms with Crippen LogP contribution >= 0.6 is 0 Å². The smallest absolute Gasteiger partial charge is 0.346 e. The van der Waals surface area contributed by atoms with Gasteiger partial charge in [0.25, 0.3) is 0 Å². The van der Waals surface area contributed by atoms with E-state index in [4.69, 9.17) is 0 Å². The van der Waals surface area contributed by atoms with E-state index in [9.17, 15) is 14.7 Å². The summed E-state index contributed by atoms with van der Waals surface area (Å²) in [5.41, 5.74) is 0.718. The van der Waals surface area contributed by atoms with Crippen LogP contribution in [-0.2, 0) is 4.74 Å². The average molecular weight is 292 g/mol. The third-order valence-electron chi connectivity index (χ3n) is 3.32. The molecule has 1 aliphatic rings. The lowest BCUT2D eigenvalue weighted by molar-refractivity contribution is 0.0444. The van der Waals surface area contributed by atoms with Crippen molar-refractivity contribution in [1.29, 1.82) is 0 Å². The van der Waals surface area contributed by atoms with Gasteiger partial charge in [-0.1, -0.05) is 48.5 Å². The van der Waals surface area contributed by atoms with Gasteiger partial charge >= 0.3 is 11.9 Å². The normalized spacial score (nSPS) is 12.4. The van der Waals surface area contributed by atoms with E-state index in [-0.39, 0.29) is 0 Å². The van der Waals surface area contributed by atoms with Gasteiger partial charge in [0.1, 0.15) is 5.75 Å². The summed E-state index contributed by atoms with van der Waals surface area (Å²) in [4.78, 5) is 21.7. The van der Waals surface area contributed by atoms with Gasteiger partial charge in [0, 0.05) is 5.39 Å². The second-order valence-electron chi connectivity index (χ2n) is 4.72. The molecule has 0 aliphatic carbocycles. The molecule has 4 nitrogen and oxygen atoms in total. The summed E-state index contributed by atoms with van der Waals surface area (Å²) in [6.45, 7) is 0. The number of ether oxygens (including phenoxy) is 1. The van der Waals surface area contributed by atoms with Gasteiger partial charge in [0.2, 0.25) is 0 Å². The van der Waals surface area contributed by atoms with Crippen LogP contribution in [0.15, 0.2) is 66.7 Å². The highest BCUT2D eigenvalue weighted by atomic mass is 16.6. The zero-order chi connectivity index (χ0) is 15.5. The van der Waals surface area contributed by atoms with E-state index in [2.05, 4.69) is 4.74 Å². The molecule has 108 valence electrons. The summed E-state index contributed by atoms with van der Waals surface area (Å²) in [6, 6.07) is 19.8. The van der Waals surface area contributed by atoms with E-state index >= 15 is 0 Å². The van der Waals surface area contributed by atoms with Crippen molar-refractivity contribution < 1.29 is 19.4 Å². The SMILES string of the molecule is O=C1OC(=O)c2ccccc21.Oc1cccc2ccccc12. The number of carbonyl (C=O) groups is 2. The zero-order valence-corrected chi connectivity index (χ0v) is 11.5. The van der Waals surface area contributed by atoms with Gasteiger partial charge in [0.05, 0.1) is 11.1 Å². The van der Waals surface area contributed by atoms with Gasteiger partial charge in [-0.3, -0.25) is 0 Å². The van der Waals surface area contributed by atoms with Crippen molar-refractivity contribution in [3.63, 3.8) is 0 Å². The van der Waals surface area contributed by atoms with Crippen molar-refractivity contribution in [1.82, 2.24) is 0 Å². The van der Waals surface area contributed by atoms with Gasteiger partial charge in [-0.05, 0) is 23.6 Å². The number of phenolic OH excluding ortho intramolecular Hbond substituents is 1. The van der Waals surface area contributed by atoms with Crippen LogP contribution in [0.5, 0.6) is 5.75 Å². The summed E-state index contributed by atoms with van der Waals surface area (Å²) in [5.74, 6) is -0.751. The number of benzene rings is 3. The van der Waals surface area contributed by atoms with Gasteiger partial charge in [-0.2, -0.15) is 0 Å². The van der Waals surface area contributed by atoms with E-state index in [0.717, 1.165) is 10.8 Å². The first-order valence-electron chi connectivity index (χ1n) is 6.69. The summed E-state index contributed by atoms with van der Waals surface area (Å²) < 4.78 is 4.35. The molecular formula is C18H12O4. The van der Waals surface area contributed by atoms with Crippen molar-refractivity contribution in [3.05, 3.63) is 77.9 Å². The van der Waals surface area contributed by atoms with Gasteiger partial charge in [0.15, 0.2) is 0 Å². The molecule has 1 heterocycles. The van der Waals surface area contributed by atoms with E-state index in [1.54, 1.807) is 30.3 Å². The van der Waals surface area contributed by atoms with E-state index < -0.39 is 11.9 Å². The highest BCUT2D eigenvalue weighted by Crippen LogP contribution is 2.23. The molecule has 0 spiro atoms. The highest BCUT2D eigenvalue weighted by molar-refractivity contribution is 6.14. The fourth-order valence-corrected chi connectivity index (χ4v) is 2.24. The summed E-state index contributed by atoms with van der Waals surface area (Å²) >= 11 is 0. The van der Waals surface area contributed by atoms with Crippen LogP contribution in [0.4, 0.5) is 0 Å². The Bertz CT molecular complexity index is 829. The Hall–Kier alpha value is -3.14. The molecule has 1 N–H and O–H groups in total. The van der Waals surface area contributed by atoms with Crippen LogP contribution in [0.3, 0.4) is 0 Å². The fourth-order valence-electron chi connectivity index (χ4n) is 2.24. The lowest BCUT2D eigenvalue weighted by atomic mass is 10.1. The quantitative estimate of drug-likeness (QED) is 0.508. The predicted octanol–water partition coefficient (Wildman–Crippen LogP) is 3.54. The summed E-state index contributed by atoms with van der Waals surface area (Å²) in [7, 11) is 0. The van der Waals surface area contributed by atoms with Gasteiger partial charge in [-0.25, -0.2) is 9.59 Å². The number of hydrogen-bond donors (Lipinski definition) is 1. The minimum Gasteiger partial charge on any atom is -0.507 e. The zero-order valence-electron chi connectivity index (χ0n) is 11.5. The summed E-state index contributed by atoms with van der Waals surface area (Å²) in [5, 5.41) is 11.4. The Morgan fingerprint density at radius 3 is 1.86 bits per heavy atom. The minimum absolute atomic E-state index is 0.350. The number of fused-ring (bicyclic) bond motifs is 2. The van der Waals surface area contributed by atoms with E-state index in [0.29, 0.717) is 16.9 Å². The Balaban J connectivity index is 0.000000131. The van der Waals surface area contributed by atoms with Crippen LogP contribution in [0.1, 0.15) is 20.7 Å². The molecule has 1 aliphatic heterocycles. The third-order valence-corrected chi connectivity index (χ3v) is 3.32. The highest BCUT2D eigenvalue weighted by Gasteiger charge is 2.28. The molecular weight excluding hydrogens is 280 g/mol. The second kappa shape index (κ2) is 5.69. The van der Waals surface area contributed by atoms with E-state index in [1.807, 2.05) is 36.4 Å². The maximum absolute atomic E-state index is 10.8. The maximum atomic E-state index is 10.8. The standard InChI is InChI=1S/C10H8O.C8H4O3/c11-10-7-3-5-8-4-1-2-6-9(8)10;9-7-5-3-1-2-4-6(5)8(10)11-7/h1-7,11H;1-4H. The molecule has 4 rings (SSSR count). The molecule has 0 bridgehead atoms. The van der Waals surface area contributed by atoms with Gasteiger partial charge in [-0.15, -0.1) is 0 Å². The van der Waals surface area contributed by atoms with Crippen LogP contribution < -0.4 is 0 Å². The molecule has 0 aromatic heterocycles. The first-order valence-corrected chi connectivity index (χ1v) is 6.69. The first kappa shape index (κ1) is 13.8. The molecule has 0 amide bonds. The lowest BCUT2D eigenvalue weighted by Crippen LogP contribution is -1.96. The molecule has 0 radical (unpaired) electrons. The summed E-state index contributed by atoms with van der Waals surface area (Å²) in [6.07, 6.45) is 0. The number of hydrogen-bond acceptors (Lipinski definition) is 4. The van der Waals surface area contributed by atoms with Crippen molar-refractivity contribution in [2.45, 2.75) is 0 Å². The minimum atomic E-state index is -0.550. The molecule has 0 unspecified atom stereocenters. The molecule has 3 aromatic carbocycles. The van der Waals surface area contributed by atoms with Gasteiger partial charge < -0.3 is 9.84 Å². The average Bonchev–Trinajstić information content (AvgIpc) is 2.84. The molecule has 0 saturated heterocycles. The maximum Gasteiger partial charge on any atom is 0.346 e. The van der Waals surface area contributed by atoms with Crippen molar-refractivity contribution in [2.75, 3.05) is 0 Å². The van der Waals surface area contributed by atoms with Crippen molar-refractivity contribution >= 4 is 22.7 Å². The molecule has 22 heavy (non-hydrogen) atoms. The number of aromatic hydroxyl groups is 1. The number of phenols is 1. The number of cyclic esters (lactones) is 2. The molecule has 0 fully saturated rings. The Kier molecular flexibility index (Phi) is 3.58. The largest absolute Gasteiger partial charge is 0.507 e. The second-order valence-corrected chi connectivity index (χ2v) is 4.72. The van der Waals surface area contributed by atoms with Crippen LogP contribution in [0.2, 0.25) is 0 Å². The van der Waals surface area contributed by atoms with E-state index in [1.165, 1.54) is 0 Å². The predicted molar refractivity (Wildman–Crippen MR) is 81.8 cm³/mol. The third kappa shape index (κ3) is 2.54. The topological polar surface area (TPSA) is 63.6 Å². The molecule has 4 heteroatoms. The number of carbonyl (C=O) groups excluding carboxylic acids is 2. The Morgan fingerprint density at radius 1 is 0.682 bits per heavy atom. The van der Waals surface area contributed by atoms with Crippen molar-refractivity contribution in [2.24, 2.45) is 0 Å². The lowest BCUT2D eigenvalue weighted by Gasteiger charge is -1.97. The van der Waals surface area contributed by atoms with Crippen molar-refractivity contribution in [3.8, 4) is 5.75 Å². The van der Waals surface area contributed by atoms with Crippen LogP contribution in [0.25, 0.3) is 10.8 Å². The molecule has 3 aromatic rings. The Morgan fingerprint density at radius 2 is 1.23 bits per heavy atom. The number of esters is 2. The monoisotopic (exact) mass is 292 g/mol.